The van der Waals surface area contributed by atoms with Gasteiger partial charge in [0.1, 0.15) is 0 Å². The van der Waals surface area contributed by atoms with Crippen molar-refractivity contribution in [2.24, 2.45) is 4.99 Å². The van der Waals surface area contributed by atoms with Crippen LogP contribution in [0, 0.1) is 0 Å². The number of nitrogens with zero attached hydrogens (tertiary/aromatic N) is 1. The second-order valence-corrected chi connectivity index (χ2v) is 3.66. The molecule has 0 aliphatic carbocycles. The summed E-state index contributed by atoms with van der Waals surface area (Å²) in [7, 11) is 3.40. The molecule has 3 nitrogen and oxygen atoms in total. The van der Waals surface area contributed by atoms with Gasteiger partial charge < -0.3 is 5.32 Å². The van der Waals surface area contributed by atoms with Crippen LogP contribution in [0.15, 0.2) is 23.2 Å². The Morgan fingerprint density at radius 3 is 2.44 bits per heavy atom. The second-order valence-electron chi connectivity index (χ2n) is 3.66. The van der Waals surface area contributed by atoms with Gasteiger partial charge in [-0.15, -0.1) is 0 Å². The molecule has 86 valence electrons. The normalized spacial score (nSPS) is 11.4. The lowest BCUT2D eigenvalue weighted by Crippen LogP contribution is -2.18. The van der Waals surface area contributed by atoms with Crippen LogP contribution < -0.4 is 5.32 Å². The van der Waals surface area contributed by atoms with Gasteiger partial charge >= 0.3 is 0 Å². The molecule has 0 heterocycles. The molecule has 0 bridgehead atoms. The molecule has 0 aliphatic heterocycles. The number of hydrogen-bond acceptors (Lipinski definition) is 2. The van der Waals surface area contributed by atoms with Crippen LogP contribution in [0.1, 0.15) is 35.3 Å². The van der Waals surface area contributed by atoms with Crippen LogP contribution in [-0.2, 0) is 6.42 Å². The van der Waals surface area contributed by atoms with E-state index in [-0.39, 0.29) is 5.91 Å². The SMILES string of the molecule is CCc1cc(C(=O)NC)cc(C(C)=NC)c1. The van der Waals surface area contributed by atoms with Crippen molar-refractivity contribution in [3.63, 3.8) is 0 Å². The molecule has 1 N–H and O–H groups in total. The molecule has 0 aromatic heterocycles. The Bertz CT molecular complexity index is 422. The molecule has 0 saturated heterocycles. The smallest absolute Gasteiger partial charge is 0.251 e. The molecule has 3 heteroatoms. The number of carbonyl (C=O) groups excluding carboxylic acids is 1. The van der Waals surface area contributed by atoms with Crippen molar-refractivity contribution in [3.05, 3.63) is 34.9 Å². The van der Waals surface area contributed by atoms with Gasteiger partial charge in [-0.2, -0.15) is 0 Å². The van der Waals surface area contributed by atoms with Crippen molar-refractivity contribution in [1.82, 2.24) is 5.32 Å². The summed E-state index contributed by atoms with van der Waals surface area (Å²) < 4.78 is 0. The Labute approximate surface area is 96.6 Å². The highest BCUT2D eigenvalue weighted by Gasteiger charge is 2.07. The maximum absolute atomic E-state index is 11.6. The average molecular weight is 218 g/mol. The summed E-state index contributed by atoms with van der Waals surface area (Å²) in [4.78, 5) is 15.7. The van der Waals surface area contributed by atoms with Crippen molar-refractivity contribution in [1.29, 1.82) is 0 Å². The first-order chi connectivity index (χ1) is 7.62. The summed E-state index contributed by atoms with van der Waals surface area (Å²) in [6.45, 7) is 4.02. The van der Waals surface area contributed by atoms with Crippen molar-refractivity contribution in [2.75, 3.05) is 14.1 Å². The van der Waals surface area contributed by atoms with E-state index in [9.17, 15) is 4.79 Å². The van der Waals surface area contributed by atoms with Crippen molar-refractivity contribution >= 4 is 11.6 Å². The van der Waals surface area contributed by atoms with Gasteiger partial charge in [0.25, 0.3) is 5.91 Å². The van der Waals surface area contributed by atoms with Crippen molar-refractivity contribution in [3.8, 4) is 0 Å². The molecule has 16 heavy (non-hydrogen) atoms. The van der Waals surface area contributed by atoms with Gasteiger partial charge in [0.2, 0.25) is 0 Å². The molecule has 0 saturated carbocycles. The van der Waals surface area contributed by atoms with Gasteiger partial charge in [-0.05, 0) is 42.7 Å². The third-order valence-electron chi connectivity index (χ3n) is 2.64. The van der Waals surface area contributed by atoms with Crippen molar-refractivity contribution < 1.29 is 4.79 Å². The van der Waals surface area contributed by atoms with Crippen LogP contribution in [0.2, 0.25) is 0 Å². The van der Waals surface area contributed by atoms with E-state index >= 15 is 0 Å². The number of aryl methyl sites for hydroxylation is 1. The molecule has 0 atom stereocenters. The van der Waals surface area contributed by atoms with Crippen LogP contribution in [-0.4, -0.2) is 25.7 Å². The Balaban J connectivity index is 3.26. The molecule has 0 radical (unpaired) electrons. The highest BCUT2D eigenvalue weighted by Crippen LogP contribution is 2.12. The molecule has 1 rings (SSSR count). The first-order valence-electron chi connectivity index (χ1n) is 5.42. The zero-order valence-corrected chi connectivity index (χ0v) is 10.3. The summed E-state index contributed by atoms with van der Waals surface area (Å²) in [6.07, 6.45) is 0.912. The van der Waals surface area contributed by atoms with Gasteiger partial charge in [0, 0.05) is 25.4 Å². The molecule has 0 aliphatic rings. The molecule has 1 aromatic rings. The predicted molar refractivity (Wildman–Crippen MR) is 67.3 cm³/mol. The maximum atomic E-state index is 11.6. The van der Waals surface area contributed by atoms with Gasteiger partial charge in [-0.3, -0.25) is 9.79 Å². The predicted octanol–water partition coefficient (Wildman–Crippen LogP) is 2.05. The topological polar surface area (TPSA) is 41.5 Å². The highest BCUT2D eigenvalue weighted by atomic mass is 16.1. The molecular formula is C13H18N2O. The zero-order valence-electron chi connectivity index (χ0n) is 10.3. The molecule has 1 amide bonds. The summed E-state index contributed by atoms with van der Waals surface area (Å²) in [5.41, 5.74) is 3.81. The number of rotatable bonds is 3. The van der Waals surface area contributed by atoms with E-state index in [4.69, 9.17) is 0 Å². The van der Waals surface area contributed by atoms with Crippen LogP contribution in [0.3, 0.4) is 0 Å². The number of benzene rings is 1. The van der Waals surface area contributed by atoms with E-state index in [1.165, 1.54) is 0 Å². The number of amides is 1. The van der Waals surface area contributed by atoms with Gasteiger partial charge in [-0.1, -0.05) is 6.92 Å². The average Bonchev–Trinajstić information content (AvgIpc) is 2.35. The Morgan fingerprint density at radius 2 is 1.94 bits per heavy atom. The molecular weight excluding hydrogens is 200 g/mol. The van der Waals surface area contributed by atoms with Crippen LogP contribution in [0.4, 0.5) is 0 Å². The van der Waals surface area contributed by atoms with Crippen LogP contribution in [0.5, 0.6) is 0 Å². The van der Waals surface area contributed by atoms with Crippen LogP contribution in [0.25, 0.3) is 0 Å². The minimum atomic E-state index is -0.0551. The maximum Gasteiger partial charge on any atom is 0.251 e. The fraction of sp³-hybridized carbons (Fsp3) is 0.385. The minimum absolute atomic E-state index is 0.0551. The fourth-order valence-electron chi connectivity index (χ4n) is 1.51. The van der Waals surface area contributed by atoms with Crippen molar-refractivity contribution in [2.45, 2.75) is 20.3 Å². The van der Waals surface area contributed by atoms with E-state index in [2.05, 4.69) is 23.3 Å². The summed E-state index contributed by atoms with van der Waals surface area (Å²) in [5, 5.41) is 2.64. The number of nitrogens with one attached hydrogen (secondary N) is 1. The Kier molecular flexibility index (Phi) is 4.23. The second kappa shape index (κ2) is 5.45. The first-order valence-corrected chi connectivity index (χ1v) is 5.42. The van der Waals surface area contributed by atoms with E-state index in [1.54, 1.807) is 14.1 Å². The van der Waals surface area contributed by atoms with E-state index < -0.39 is 0 Å². The van der Waals surface area contributed by atoms with Gasteiger partial charge in [-0.25, -0.2) is 0 Å². The van der Waals surface area contributed by atoms with E-state index in [0.717, 1.165) is 23.3 Å². The highest BCUT2D eigenvalue weighted by molar-refractivity contribution is 6.02. The molecule has 1 aromatic carbocycles. The molecule has 0 spiro atoms. The van der Waals surface area contributed by atoms with E-state index in [0.29, 0.717) is 5.56 Å². The minimum Gasteiger partial charge on any atom is -0.355 e. The molecule has 0 fully saturated rings. The largest absolute Gasteiger partial charge is 0.355 e. The molecule has 0 unspecified atom stereocenters. The van der Waals surface area contributed by atoms with E-state index in [1.807, 2.05) is 19.1 Å². The summed E-state index contributed by atoms with van der Waals surface area (Å²) in [6, 6.07) is 5.88. The standard InChI is InChI=1S/C13H18N2O/c1-5-10-6-11(9(2)14-3)8-12(7-10)13(16)15-4/h6-8H,5H2,1-4H3,(H,15,16). The quantitative estimate of drug-likeness (QED) is 0.775. The third-order valence-corrected chi connectivity index (χ3v) is 2.64. The lowest BCUT2D eigenvalue weighted by molar-refractivity contribution is 0.0963. The monoisotopic (exact) mass is 218 g/mol. The van der Waals surface area contributed by atoms with Crippen LogP contribution >= 0.6 is 0 Å². The summed E-state index contributed by atoms with van der Waals surface area (Å²) in [5.74, 6) is -0.0551. The number of hydrogen-bond donors (Lipinski definition) is 1. The third kappa shape index (κ3) is 2.69. The number of carbonyl (C=O) groups is 1. The lowest BCUT2D eigenvalue weighted by atomic mass is 10.0. The zero-order chi connectivity index (χ0) is 12.1. The van der Waals surface area contributed by atoms with Gasteiger partial charge in [0.15, 0.2) is 0 Å². The Morgan fingerprint density at radius 1 is 1.31 bits per heavy atom. The Hall–Kier alpha value is -1.64. The first kappa shape index (κ1) is 12.4. The van der Waals surface area contributed by atoms with Gasteiger partial charge in [0.05, 0.1) is 0 Å². The summed E-state index contributed by atoms with van der Waals surface area (Å²) >= 11 is 0. The number of aliphatic imine (C=N–C) groups is 1. The lowest BCUT2D eigenvalue weighted by Gasteiger charge is -2.07. The fourth-order valence-corrected chi connectivity index (χ4v) is 1.51.